The average molecular weight is 399 g/mol. The third-order valence-electron chi connectivity index (χ3n) is 3.68. The number of fused-ring (bicyclic) bond motifs is 1. The van der Waals surface area contributed by atoms with Crippen molar-refractivity contribution in [2.75, 3.05) is 0 Å². The molecule has 2 aromatic rings. The molecule has 0 bridgehead atoms. The summed E-state index contributed by atoms with van der Waals surface area (Å²) < 4.78 is 48.4. The molecular weight excluding hydrogens is 389 g/mol. The summed E-state index contributed by atoms with van der Waals surface area (Å²) >= 11 is 5.78. The Kier molecular flexibility index (Phi) is 4.84. The van der Waals surface area contributed by atoms with Crippen molar-refractivity contribution in [1.29, 1.82) is 0 Å². The summed E-state index contributed by atoms with van der Waals surface area (Å²) in [5.41, 5.74) is 0.595. The van der Waals surface area contributed by atoms with E-state index in [4.69, 9.17) is 21.4 Å². The maximum Gasteiger partial charge on any atom is 0.511 e. The lowest BCUT2D eigenvalue weighted by molar-refractivity contribution is -0.191. The third-order valence-corrected chi connectivity index (χ3v) is 3.93. The van der Waals surface area contributed by atoms with E-state index in [1.165, 1.54) is 42.5 Å². The second-order valence-corrected chi connectivity index (χ2v) is 5.98. The Bertz CT molecular complexity index is 935. The normalized spacial score (nSPS) is 16.0. The van der Waals surface area contributed by atoms with Gasteiger partial charge in [0.2, 0.25) is 0 Å². The van der Waals surface area contributed by atoms with Gasteiger partial charge in [0.05, 0.1) is 0 Å². The van der Waals surface area contributed by atoms with E-state index in [0.29, 0.717) is 10.6 Å². The molecule has 0 saturated heterocycles. The summed E-state index contributed by atoms with van der Waals surface area (Å²) in [6.45, 7) is 0. The number of carbonyl (C=O) groups is 2. The van der Waals surface area contributed by atoms with Crippen molar-refractivity contribution < 1.29 is 37.3 Å². The van der Waals surface area contributed by atoms with Gasteiger partial charge < -0.3 is 14.6 Å². The highest BCUT2D eigenvalue weighted by Gasteiger charge is 2.48. The molecule has 0 spiro atoms. The third kappa shape index (κ3) is 4.06. The van der Waals surface area contributed by atoms with Gasteiger partial charge in [-0.2, -0.15) is 13.2 Å². The molecule has 3 rings (SSSR count). The number of halogens is 4. The fourth-order valence-electron chi connectivity index (χ4n) is 2.50. The zero-order valence-corrected chi connectivity index (χ0v) is 14.0. The van der Waals surface area contributed by atoms with E-state index in [2.05, 4.69) is 4.74 Å². The Morgan fingerprint density at radius 2 is 1.70 bits per heavy atom. The molecule has 0 amide bonds. The van der Waals surface area contributed by atoms with Crippen LogP contribution in [0.15, 0.2) is 48.2 Å². The molecule has 0 radical (unpaired) electrons. The van der Waals surface area contributed by atoms with Crippen molar-refractivity contribution in [3.63, 3.8) is 0 Å². The number of ether oxygens (including phenoxy) is 2. The van der Waals surface area contributed by atoms with Crippen molar-refractivity contribution in [2.24, 2.45) is 0 Å². The van der Waals surface area contributed by atoms with E-state index < -0.39 is 24.2 Å². The van der Waals surface area contributed by atoms with Gasteiger partial charge in [0, 0.05) is 21.7 Å². The van der Waals surface area contributed by atoms with Crippen LogP contribution in [0.5, 0.6) is 5.75 Å². The number of benzene rings is 2. The highest BCUT2D eigenvalue weighted by atomic mass is 35.5. The first-order valence-electron chi connectivity index (χ1n) is 7.45. The van der Waals surface area contributed by atoms with Crippen molar-refractivity contribution in [3.05, 3.63) is 69.9 Å². The number of carbonyl (C=O) groups excluding carboxylic acids is 1. The largest absolute Gasteiger partial charge is 0.511 e. The topological polar surface area (TPSA) is 72.8 Å². The quantitative estimate of drug-likeness (QED) is 0.586. The molecule has 0 aliphatic carbocycles. The first kappa shape index (κ1) is 18.8. The van der Waals surface area contributed by atoms with E-state index in [0.717, 1.165) is 6.08 Å². The molecule has 140 valence electrons. The number of hydrogen-bond acceptors (Lipinski definition) is 4. The van der Waals surface area contributed by atoms with Gasteiger partial charge in [0.1, 0.15) is 5.75 Å². The molecule has 1 aliphatic rings. The predicted octanol–water partition coefficient (Wildman–Crippen LogP) is 4.93. The zero-order chi connectivity index (χ0) is 19.8. The number of rotatable bonds is 3. The maximum absolute atomic E-state index is 13.1. The van der Waals surface area contributed by atoms with Gasteiger partial charge in [-0.05, 0) is 48.5 Å². The van der Waals surface area contributed by atoms with Crippen molar-refractivity contribution in [3.8, 4) is 5.75 Å². The predicted molar refractivity (Wildman–Crippen MR) is 88.9 cm³/mol. The molecule has 2 aromatic carbocycles. The van der Waals surface area contributed by atoms with E-state index in [1.54, 1.807) is 0 Å². The van der Waals surface area contributed by atoms with Gasteiger partial charge in [0.25, 0.3) is 6.10 Å². The first-order valence-corrected chi connectivity index (χ1v) is 7.83. The summed E-state index contributed by atoms with van der Waals surface area (Å²) in [4.78, 5) is 23.2. The van der Waals surface area contributed by atoms with Crippen LogP contribution >= 0.6 is 11.6 Å². The number of hydrogen-bond donors (Lipinski definition) is 1. The highest BCUT2D eigenvalue weighted by molar-refractivity contribution is 6.30. The fourth-order valence-corrected chi connectivity index (χ4v) is 2.63. The van der Waals surface area contributed by atoms with Crippen LogP contribution in [-0.2, 0) is 4.74 Å². The lowest BCUT2D eigenvalue weighted by atomic mass is 9.99. The zero-order valence-electron chi connectivity index (χ0n) is 13.3. The summed E-state index contributed by atoms with van der Waals surface area (Å²) in [6.07, 6.45) is -8.45. The van der Waals surface area contributed by atoms with Crippen molar-refractivity contribution >= 4 is 29.6 Å². The summed E-state index contributed by atoms with van der Waals surface area (Å²) in [7, 11) is 0. The molecule has 5 nitrogen and oxygen atoms in total. The Balaban J connectivity index is 1.99. The van der Waals surface area contributed by atoms with E-state index in [-0.39, 0.29) is 22.7 Å². The van der Waals surface area contributed by atoms with Crippen LogP contribution in [0.2, 0.25) is 5.02 Å². The Hall–Kier alpha value is -3.00. The lowest BCUT2D eigenvalue weighted by Gasteiger charge is -2.27. The van der Waals surface area contributed by atoms with Gasteiger partial charge in [-0.1, -0.05) is 11.6 Å². The van der Waals surface area contributed by atoms with Gasteiger partial charge in [0.15, 0.2) is 11.5 Å². The molecule has 1 atom stereocenters. The molecule has 1 heterocycles. The van der Waals surface area contributed by atoms with Crippen LogP contribution < -0.4 is 4.74 Å². The fraction of sp³-hybridized carbons (Fsp3) is 0.111. The average Bonchev–Trinajstić information content (AvgIpc) is 2.59. The molecule has 9 heteroatoms. The molecule has 0 saturated carbocycles. The Morgan fingerprint density at radius 1 is 1.07 bits per heavy atom. The molecule has 27 heavy (non-hydrogen) atoms. The van der Waals surface area contributed by atoms with E-state index in [1.807, 2.05) is 0 Å². The van der Waals surface area contributed by atoms with Gasteiger partial charge in [-0.25, -0.2) is 4.79 Å². The van der Waals surface area contributed by atoms with Crippen LogP contribution in [0.3, 0.4) is 0 Å². The van der Waals surface area contributed by atoms with Crippen molar-refractivity contribution in [2.45, 2.75) is 12.3 Å². The molecule has 0 fully saturated rings. The molecule has 1 N–H and O–H groups in total. The smallest absolute Gasteiger partial charge is 0.472 e. The van der Waals surface area contributed by atoms with Crippen LogP contribution in [-0.4, -0.2) is 29.3 Å². The Labute approximate surface area is 155 Å². The van der Waals surface area contributed by atoms with Crippen LogP contribution in [0.25, 0.3) is 6.08 Å². The minimum atomic E-state index is -4.88. The standard InChI is InChI=1S/C18H10ClF3O5/c19-12-4-1-9(2-5-12)15(23)10-3-6-13-11(7-10)8-14(27-17(24)25)16(26-13)18(20,21)22/h1-8,16H,(H,24,25). The maximum atomic E-state index is 13.1. The van der Waals surface area contributed by atoms with Crippen LogP contribution in [0.4, 0.5) is 18.0 Å². The summed E-state index contributed by atoms with van der Waals surface area (Å²) in [5, 5.41) is 9.11. The summed E-state index contributed by atoms with van der Waals surface area (Å²) in [5.74, 6) is -1.47. The minimum Gasteiger partial charge on any atom is -0.472 e. The number of ketones is 1. The van der Waals surface area contributed by atoms with Gasteiger partial charge >= 0.3 is 12.3 Å². The van der Waals surface area contributed by atoms with E-state index in [9.17, 15) is 22.8 Å². The van der Waals surface area contributed by atoms with Crippen LogP contribution in [0, 0.1) is 0 Å². The second-order valence-electron chi connectivity index (χ2n) is 5.54. The second kappa shape index (κ2) is 6.96. The molecule has 0 aromatic heterocycles. The highest BCUT2D eigenvalue weighted by Crippen LogP contribution is 2.38. The Morgan fingerprint density at radius 3 is 2.30 bits per heavy atom. The first-order chi connectivity index (χ1) is 12.6. The van der Waals surface area contributed by atoms with Gasteiger partial charge in [-0.15, -0.1) is 0 Å². The van der Waals surface area contributed by atoms with Crippen molar-refractivity contribution in [1.82, 2.24) is 0 Å². The summed E-state index contributed by atoms with van der Waals surface area (Å²) in [6, 6.07) is 9.91. The van der Waals surface area contributed by atoms with Crippen LogP contribution in [0.1, 0.15) is 21.5 Å². The molecular formula is C18H10ClF3O5. The molecule has 1 unspecified atom stereocenters. The van der Waals surface area contributed by atoms with E-state index >= 15 is 0 Å². The monoisotopic (exact) mass is 398 g/mol. The lowest BCUT2D eigenvalue weighted by Crippen LogP contribution is -2.39. The number of alkyl halides is 3. The number of carboxylic acid groups (broad SMARTS) is 1. The minimum absolute atomic E-state index is 0.0894. The van der Waals surface area contributed by atoms with Gasteiger partial charge in [-0.3, -0.25) is 4.79 Å². The molecule has 1 aliphatic heterocycles. The SMILES string of the molecule is O=C(O)OC1=Cc2cc(C(=O)c3ccc(Cl)cc3)ccc2OC1C(F)(F)F.